The number of hydrogen-bond donors (Lipinski definition) is 1. The van der Waals surface area contributed by atoms with Crippen molar-refractivity contribution in [3.63, 3.8) is 0 Å². The number of amides is 1. The predicted octanol–water partition coefficient (Wildman–Crippen LogP) is 3.02. The first kappa shape index (κ1) is 15.5. The van der Waals surface area contributed by atoms with Crippen LogP contribution in [0, 0.1) is 23.2 Å². The number of thiophene rings is 1. The molecule has 3 rings (SSSR count). The summed E-state index contributed by atoms with van der Waals surface area (Å²) in [5.41, 5.74) is 1.87. The van der Waals surface area contributed by atoms with Crippen molar-refractivity contribution in [3.8, 4) is 6.07 Å². The molecule has 0 bridgehead atoms. The first-order valence-corrected chi connectivity index (χ1v) is 8.95. The third-order valence-corrected chi connectivity index (χ3v) is 5.80. The van der Waals surface area contributed by atoms with Crippen molar-refractivity contribution in [2.24, 2.45) is 11.8 Å². The zero-order valence-electron chi connectivity index (χ0n) is 13.3. The zero-order chi connectivity index (χ0) is 15.7. The van der Waals surface area contributed by atoms with E-state index >= 15 is 0 Å². The van der Waals surface area contributed by atoms with E-state index in [0.29, 0.717) is 23.9 Å². The third kappa shape index (κ3) is 3.18. The van der Waals surface area contributed by atoms with Crippen LogP contribution >= 0.6 is 11.3 Å². The standard InChI is InChI=1S/C17H23N3OS/c1-11-6-12(2)9-20(8-11)10-16(21)19-17-14(7-18)13-4-3-5-15(13)22-17/h11-12H,3-6,8-10H2,1-2H3,(H,19,21). The molecule has 2 aliphatic rings. The minimum absolute atomic E-state index is 0.0118. The van der Waals surface area contributed by atoms with Crippen LogP contribution < -0.4 is 5.32 Å². The van der Waals surface area contributed by atoms with E-state index in [-0.39, 0.29) is 5.91 Å². The second-order valence-electron chi connectivity index (χ2n) is 6.86. The van der Waals surface area contributed by atoms with Crippen molar-refractivity contribution in [2.75, 3.05) is 25.0 Å². The van der Waals surface area contributed by atoms with Gasteiger partial charge in [0.25, 0.3) is 0 Å². The molecular weight excluding hydrogens is 294 g/mol. The molecule has 0 spiro atoms. The van der Waals surface area contributed by atoms with Crippen LogP contribution in [0.15, 0.2) is 0 Å². The first-order valence-electron chi connectivity index (χ1n) is 8.13. The summed E-state index contributed by atoms with van der Waals surface area (Å²) in [6, 6.07) is 2.28. The number of carbonyl (C=O) groups excluding carboxylic acids is 1. The van der Waals surface area contributed by atoms with Gasteiger partial charge in [0.1, 0.15) is 11.1 Å². The molecule has 1 aliphatic heterocycles. The van der Waals surface area contributed by atoms with Gasteiger partial charge in [0.05, 0.1) is 12.1 Å². The summed E-state index contributed by atoms with van der Waals surface area (Å²) in [6.45, 7) is 6.91. The van der Waals surface area contributed by atoms with Crippen LogP contribution in [-0.2, 0) is 17.6 Å². The summed E-state index contributed by atoms with van der Waals surface area (Å²) in [5, 5.41) is 13.1. The Morgan fingerprint density at radius 1 is 1.36 bits per heavy atom. The normalized spacial score (nSPS) is 24.8. The fraction of sp³-hybridized carbons (Fsp3) is 0.647. The molecule has 1 fully saturated rings. The van der Waals surface area contributed by atoms with Gasteiger partial charge in [-0.2, -0.15) is 5.26 Å². The molecule has 0 aromatic carbocycles. The van der Waals surface area contributed by atoms with Crippen LogP contribution in [0.5, 0.6) is 0 Å². The van der Waals surface area contributed by atoms with Gasteiger partial charge in [0.15, 0.2) is 0 Å². The van der Waals surface area contributed by atoms with Gasteiger partial charge in [-0.05, 0) is 43.1 Å². The van der Waals surface area contributed by atoms with Crippen molar-refractivity contribution in [1.29, 1.82) is 5.26 Å². The Kier molecular flexibility index (Phi) is 4.51. The number of hydrogen-bond acceptors (Lipinski definition) is 4. The first-order chi connectivity index (χ1) is 10.6. The van der Waals surface area contributed by atoms with Gasteiger partial charge in [-0.15, -0.1) is 11.3 Å². The van der Waals surface area contributed by atoms with Gasteiger partial charge in [0, 0.05) is 18.0 Å². The summed E-state index contributed by atoms with van der Waals surface area (Å²) >= 11 is 1.59. The molecule has 5 heteroatoms. The second-order valence-corrected chi connectivity index (χ2v) is 7.97. The van der Waals surface area contributed by atoms with E-state index < -0.39 is 0 Å². The van der Waals surface area contributed by atoms with Crippen molar-refractivity contribution in [1.82, 2.24) is 4.90 Å². The Morgan fingerprint density at radius 2 is 2.09 bits per heavy atom. The Hall–Kier alpha value is -1.38. The molecular formula is C17H23N3OS. The van der Waals surface area contributed by atoms with Crippen LogP contribution in [0.4, 0.5) is 5.00 Å². The molecule has 1 amide bonds. The van der Waals surface area contributed by atoms with Crippen molar-refractivity contribution in [3.05, 3.63) is 16.0 Å². The summed E-state index contributed by atoms with van der Waals surface area (Å²) in [7, 11) is 0. The summed E-state index contributed by atoms with van der Waals surface area (Å²) < 4.78 is 0. The van der Waals surface area contributed by atoms with E-state index in [4.69, 9.17) is 0 Å². The van der Waals surface area contributed by atoms with Crippen LogP contribution in [0.2, 0.25) is 0 Å². The maximum absolute atomic E-state index is 12.3. The molecule has 1 aromatic heterocycles. The fourth-order valence-corrected chi connectivity index (χ4v) is 5.16. The largest absolute Gasteiger partial charge is 0.315 e. The topological polar surface area (TPSA) is 56.1 Å². The number of likely N-dealkylation sites (tertiary alicyclic amines) is 1. The van der Waals surface area contributed by atoms with Gasteiger partial charge in [-0.1, -0.05) is 13.8 Å². The van der Waals surface area contributed by atoms with E-state index in [0.717, 1.165) is 37.4 Å². The molecule has 22 heavy (non-hydrogen) atoms. The van der Waals surface area contributed by atoms with Crippen LogP contribution in [0.3, 0.4) is 0 Å². The van der Waals surface area contributed by atoms with E-state index in [1.807, 2.05) is 0 Å². The van der Waals surface area contributed by atoms with E-state index in [1.165, 1.54) is 16.9 Å². The van der Waals surface area contributed by atoms with Gasteiger partial charge < -0.3 is 5.32 Å². The molecule has 2 atom stereocenters. The van der Waals surface area contributed by atoms with Gasteiger partial charge in [0.2, 0.25) is 5.91 Å². The van der Waals surface area contributed by atoms with Crippen LogP contribution in [-0.4, -0.2) is 30.4 Å². The lowest BCUT2D eigenvalue weighted by molar-refractivity contribution is -0.117. The number of aryl methyl sites for hydroxylation is 1. The molecule has 2 heterocycles. The predicted molar refractivity (Wildman–Crippen MR) is 89.1 cm³/mol. The highest BCUT2D eigenvalue weighted by molar-refractivity contribution is 7.16. The lowest BCUT2D eigenvalue weighted by atomic mass is 9.92. The number of fused-ring (bicyclic) bond motifs is 1. The maximum atomic E-state index is 12.3. The molecule has 1 N–H and O–H groups in total. The summed E-state index contributed by atoms with van der Waals surface area (Å²) in [4.78, 5) is 15.9. The number of carbonyl (C=O) groups is 1. The Bertz CT molecular complexity index is 606. The van der Waals surface area contributed by atoms with Crippen LogP contribution in [0.1, 0.15) is 42.7 Å². The molecule has 2 unspecified atom stereocenters. The average Bonchev–Trinajstić information content (AvgIpc) is 2.97. The Balaban J connectivity index is 1.64. The van der Waals surface area contributed by atoms with Gasteiger partial charge >= 0.3 is 0 Å². The molecule has 0 saturated carbocycles. The maximum Gasteiger partial charge on any atom is 0.239 e. The fourth-order valence-electron chi connectivity index (χ4n) is 3.90. The SMILES string of the molecule is CC1CC(C)CN(CC(=O)Nc2sc3c(c2C#N)CCC3)C1. The van der Waals surface area contributed by atoms with Crippen LogP contribution in [0.25, 0.3) is 0 Å². The minimum Gasteiger partial charge on any atom is -0.315 e. The number of rotatable bonds is 3. The summed E-state index contributed by atoms with van der Waals surface area (Å²) in [5.74, 6) is 1.31. The van der Waals surface area contributed by atoms with Gasteiger partial charge in [-0.25, -0.2) is 0 Å². The molecule has 1 saturated heterocycles. The number of nitrogens with one attached hydrogen (secondary N) is 1. The second kappa shape index (κ2) is 6.39. The Labute approximate surface area is 136 Å². The smallest absolute Gasteiger partial charge is 0.239 e. The quantitative estimate of drug-likeness (QED) is 0.932. The molecule has 1 aromatic rings. The molecule has 118 valence electrons. The number of nitrogens with zero attached hydrogens (tertiary/aromatic N) is 2. The highest BCUT2D eigenvalue weighted by Crippen LogP contribution is 2.38. The van der Waals surface area contributed by atoms with Crippen molar-refractivity contribution >= 4 is 22.2 Å². The van der Waals surface area contributed by atoms with Crippen molar-refractivity contribution < 1.29 is 4.79 Å². The van der Waals surface area contributed by atoms with Crippen molar-refractivity contribution in [2.45, 2.75) is 39.5 Å². The lowest BCUT2D eigenvalue weighted by Crippen LogP contribution is -2.42. The van der Waals surface area contributed by atoms with E-state index in [9.17, 15) is 10.1 Å². The molecule has 1 aliphatic carbocycles. The Morgan fingerprint density at radius 3 is 2.77 bits per heavy atom. The highest BCUT2D eigenvalue weighted by atomic mass is 32.1. The monoisotopic (exact) mass is 317 g/mol. The zero-order valence-corrected chi connectivity index (χ0v) is 14.1. The number of piperidine rings is 1. The number of nitriles is 1. The lowest BCUT2D eigenvalue weighted by Gasteiger charge is -2.34. The minimum atomic E-state index is 0.0118. The molecule has 0 radical (unpaired) electrons. The number of anilines is 1. The average molecular weight is 317 g/mol. The third-order valence-electron chi connectivity index (χ3n) is 4.60. The van der Waals surface area contributed by atoms with Gasteiger partial charge in [-0.3, -0.25) is 9.69 Å². The highest BCUT2D eigenvalue weighted by Gasteiger charge is 2.25. The molecule has 4 nitrogen and oxygen atoms in total. The summed E-state index contributed by atoms with van der Waals surface area (Å²) in [6.07, 6.45) is 4.40. The van der Waals surface area contributed by atoms with E-state index in [1.54, 1.807) is 11.3 Å². The van der Waals surface area contributed by atoms with E-state index in [2.05, 4.69) is 30.1 Å².